The number of aromatic nitrogens is 2. The minimum absolute atomic E-state index is 0.0825. The lowest BCUT2D eigenvalue weighted by Crippen LogP contribution is -1.96. The SMILES string of the molecule is CC#N.O=[N+]([O-])c1cnc(-c2ccc(CCO)cc2)nc1Cl. The highest BCUT2D eigenvalue weighted by molar-refractivity contribution is 6.31. The van der Waals surface area contributed by atoms with Crippen molar-refractivity contribution in [1.29, 1.82) is 5.26 Å². The number of hydrogen-bond donors (Lipinski definition) is 1. The van der Waals surface area contributed by atoms with Crippen molar-refractivity contribution in [3.63, 3.8) is 0 Å². The molecule has 0 spiro atoms. The van der Waals surface area contributed by atoms with E-state index >= 15 is 0 Å². The average molecular weight is 321 g/mol. The third kappa shape index (κ3) is 4.77. The first kappa shape index (κ1) is 17.5. The van der Waals surface area contributed by atoms with Gasteiger partial charge in [-0.25, -0.2) is 9.97 Å². The molecule has 0 aliphatic rings. The van der Waals surface area contributed by atoms with Crippen LogP contribution in [-0.2, 0) is 6.42 Å². The molecule has 1 heterocycles. The molecule has 2 rings (SSSR count). The highest BCUT2D eigenvalue weighted by Gasteiger charge is 2.15. The van der Waals surface area contributed by atoms with Crippen LogP contribution in [0.4, 0.5) is 5.69 Å². The van der Waals surface area contributed by atoms with Crippen molar-refractivity contribution < 1.29 is 10.0 Å². The molecule has 0 fully saturated rings. The Bertz CT molecular complexity index is 683. The normalized spacial score (nSPS) is 9.36. The van der Waals surface area contributed by atoms with Crippen LogP contribution in [0.1, 0.15) is 12.5 Å². The van der Waals surface area contributed by atoms with Crippen LogP contribution in [0.2, 0.25) is 5.15 Å². The van der Waals surface area contributed by atoms with Crippen LogP contribution < -0.4 is 0 Å². The fraction of sp³-hybridized carbons (Fsp3) is 0.214. The lowest BCUT2D eigenvalue weighted by Gasteiger charge is -2.02. The first-order valence-electron chi connectivity index (χ1n) is 6.21. The predicted molar refractivity (Wildman–Crippen MR) is 81.2 cm³/mol. The Kier molecular flexibility index (Phi) is 6.89. The molecule has 1 N–H and O–H groups in total. The van der Waals surface area contributed by atoms with Crippen LogP contribution >= 0.6 is 11.6 Å². The van der Waals surface area contributed by atoms with Crippen LogP contribution in [0.3, 0.4) is 0 Å². The van der Waals surface area contributed by atoms with Crippen molar-refractivity contribution in [3.05, 3.63) is 51.3 Å². The summed E-state index contributed by atoms with van der Waals surface area (Å²) in [5, 5.41) is 26.6. The quantitative estimate of drug-likeness (QED) is 0.526. The number of halogens is 1. The molecule has 0 amide bonds. The number of aliphatic hydroxyl groups excluding tert-OH is 1. The Morgan fingerprint density at radius 3 is 2.45 bits per heavy atom. The molecular formula is C14H13ClN4O3. The molecule has 2 aromatic rings. The Balaban J connectivity index is 0.000000745. The summed E-state index contributed by atoms with van der Waals surface area (Å²) in [7, 11) is 0. The number of aliphatic hydroxyl groups is 1. The van der Waals surface area contributed by atoms with Gasteiger partial charge in [-0.1, -0.05) is 35.9 Å². The Morgan fingerprint density at radius 1 is 1.41 bits per heavy atom. The number of nitro groups is 1. The summed E-state index contributed by atoms with van der Waals surface area (Å²) in [6.07, 6.45) is 1.66. The maximum atomic E-state index is 10.6. The van der Waals surface area contributed by atoms with E-state index in [1.54, 1.807) is 18.2 Å². The maximum Gasteiger partial charge on any atom is 0.324 e. The molecule has 0 atom stereocenters. The highest BCUT2D eigenvalue weighted by Crippen LogP contribution is 2.24. The second-order valence-corrected chi connectivity index (χ2v) is 4.38. The monoisotopic (exact) mass is 320 g/mol. The minimum atomic E-state index is -0.629. The van der Waals surface area contributed by atoms with Gasteiger partial charge in [0.1, 0.15) is 6.20 Å². The molecule has 0 saturated carbocycles. The van der Waals surface area contributed by atoms with Crippen LogP contribution in [0.25, 0.3) is 11.4 Å². The Labute approximate surface area is 132 Å². The van der Waals surface area contributed by atoms with Gasteiger partial charge in [-0.2, -0.15) is 5.26 Å². The number of nitriles is 1. The van der Waals surface area contributed by atoms with Crippen molar-refractivity contribution in [2.75, 3.05) is 6.61 Å². The second-order valence-electron chi connectivity index (χ2n) is 4.02. The number of benzene rings is 1. The van der Waals surface area contributed by atoms with Gasteiger partial charge in [0.15, 0.2) is 5.82 Å². The molecular weight excluding hydrogens is 308 g/mol. The van der Waals surface area contributed by atoms with Crippen LogP contribution in [0.5, 0.6) is 0 Å². The van der Waals surface area contributed by atoms with Gasteiger partial charge in [-0.15, -0.1) is 0 Å². The molecule has 0 radical (unpaired) electrons. The summed E-state index contributed by atoms with van der Waals surface area (Å²) >= 11 is 5.73. The summed E-state index contributed by atoms with van der Waals surface area (Å²) in [5.74, 6) is 0.325. The molecule has 1 aromatic heterocycles. The van der Waals surface area contributed by atoms with Crippen LogP contribution in [0.15, 0.2) is 30.5 Å². The largest absolute Gasteiger partial charge is 0.396 e. The van der Waals surface area contributed by atoms with E-state index in [1.165, 1.54) is 6.92 Å². The van der Waals surface area contributed by atoms with Gasteiger partial charge in [0.25, 0.3) is 0 Å². The molecule has 0 aliphatic carbocycles. The lowest BCUT2D eigenvalue weighted by atomic mass is 10.1. The van der Waals surface area contributed by atoms with Crippen molar-refractivity contribution in [2.24, 2.45) is 0 Å². The first-order valence-corrected chi connectivity index (χ1v) is 6.59. The summed E-state index contributed by atoms with van der Waals surface area (Å²) in [5.41, 5.74) is 1.38. The fourth-order valence-electron chi connectivity index (χ4n) is 1.57. The van der Waals surface area contributed by atoms with Gasteiger partial charge in [0.05, 0.1) is 11.0 Å². The van der Waals surface area contributed by atoms with Gasteiger partial charge in [-0.3, -0.25) is 10.1 Å². The average Bonchev–Trinajstić information content (AvgIpc) is 2.48. The number of rotatable bonds is 4. The fourth-order valence-corrected chi connectivity index (χ4v) is 1.76. The van der Waals surface area contributed by atoms with Gasteiger partial charge in [0, 0.05) is 19.1 Å². The highest BCUT2D eigenvalue weighted by atomic mass is 35.5. The van der Waals surface area contributed by atoms with Gasteiger partial charge in [0.2, 0.25) is 5.15 Å². The number of hydrogen-bond acceptors (Lipinski definition) is 6. The Morgan fingerprint density at radius 2 is 2.00 bits per heavy atom. The molecule has 1 aromatic carbocycles. The van der Waals surface area contributed by atoms with E-state index in [0.29, 0.717) is 17.8 Å². The van der Waals surface area contributed by atoms with E-state index in [9.17, 15) is 10.1 Å². The van der Waals surface area contributed by atoms with Crippen LogP contribution in [0, 0.1) is 21.4 Å². The predicted octanol–water partition coefficient (Wildman–Crippen LogP) is 2.77. The van der Waals surface area contributed by atoms with E-state index in [0.717, 1.165) is 11.8 Å². The van der Waals surface area contributed by atoms with Crippen LogP contribution in [-0.4, -0.2) is 26.6 Å². The number of nitrogens with zero attached hydrogens (tertiary/aromatic N) is 4. The smallest absolute Gasteiger partial charge is 0.324 e. The standard InChI is InChI=1S/C12H10ClN3O3.C2H3N/c13-11-10(16(18)19)7-14-12(15-11)9-3-1-8(2-4-9)5-6-17;1-2-3/h1-4,7,17H,5-6H2;1H3. The molecule has 0 saturated heterocycles. The van der Waals surface area contributed by atoms with Crippen molar-refractivity contribution in [3.8, 4) is 17.5 Å². The van der Waals surface area contributed by atoms with Crippen molar-refractivity contribution in [1.82, 2.24) is 9.97 Å². The topological polar surface area (TPSA) is 113 Å². The summed E-state index contributed by atoms with van der Waals surface area (Å²) < 4.78 is 0. The molecule has 7 nitrogen and oxygen atoms in total. The van der Waals surface area contributed by atoms with E-state index in [2.05, 4.69) is 9.97 Å². The molecule has 0 unspecified atom stereocenters. The molecule has 114 valence electrons. The Hall–Kier alpha value is -2.56. The van der Waals surface area contributed by atoms with Gasteiger partial charge < -0.3 is 5.11 Å². The van der Waals surface area contributed by atoms with Crippen molar-refractivity contribution >= 4 is 17.3 Å². The molecule has 22 heavy (non-hydrogen) atoms. The minimum Gasteiger partial charge on any atom is -0.396 e. The summed E-state index contributed by atoms with van der Waals surface area (Å²) in [6, 6.07) is 8.99. The van der Waals surface area contributed by atoms with E-state index in [1.807, 2.05) is 12.1 Å². The zero-order chi connectivity index (χ0) is 16.5. The summed E-state index contributed by atoms with van der Waals surface area (Å²) in [6.45, 7) is 1.51. The summed E-state index contributed by atoms with van der Waals surface area (Å²) in [4.78, 5) is 17.8. The lowest BCUT2D eigenvalue weighted by molar-refractivity contribution is -0.385. The van der Waals surface area contributed by atoms with E-state index in [-0.39, 0.29) is 17.4 Å². The van der Waals surface area contributed by atoms with Gasteiger partial charge >= 0.3 is 5.69 Å². The molecule has 0 bridgehead atoms. The van der Waals surface area contributed by atoms with E-state index < -0.39 is 4.92 Å². The third-order valence-electron chi connectivity index (χ3n) is 2.53. The maximum absolute atomic E-state index is 10.6. The van der Waals surface area contributed by atoms with Crippen molar-refractivity contribution in [2.45, 2.75) is 13.3 Å². The van der Waals surface area contributed by atoms with Gasteiger partial charge in [-0.05, 0) is 12.0 Å². The zero-order valence-electron chi connectivity index (χ0n) is 11.7. The second kappa shape index (κ2) is 8.67. The molecule has 0 aliphatic heterocycles. The first-order chi connectivity index (χ1) is 10.5. The van der Waals surface area contributed by atoms with E-state index in [4.69, 9.17) is 22.0 Å². The third-order valence-corrected chi connectivity index (χ3v) is 2.81. The molecule has 8 heteroatoms. The zero-order valence-corrected chi connectivity index (χ0v) is 12.5.